The molecule has 1 fully saturated rings. The van der Waals surface area contributed by atoms with Crippen LogP contribution in [0.25, 0.3) is 22.9 Å². The van der Waals surface area contributed by atoms with Crippen molar-refractivity contribution >= 4 is 34.6 Å². The van der Waals surface area contributed by atoms with Crippen LogP contribution in [0.1, 0.15) is 18.4 Å². The molecule has 0 saturated carbocycles. The maximum atomic E-state index is 12.8. The maximum Gasteiger partial charge on any atom is 0.246 e. The normalized spacial score (nSPS) is 14.5. The molecule has 0 unspecified atom stereocenters. The summed E-state index contributed by atoms with van der Waals surface area (Å²) in [6.07, 6.45) is 8.12. The van der Waals surface area contributed by atoms with E-state index in [1.165, 1.54) is 0 Å². The third kappa shape index (κ3) is 4.73. The second kappa shape index (κ2) is 9.70. The smallest absolute Gasteiger partial charge is 0.246 e. The number of imidazole rings is 1. The standard InChI is InChI=1S/C27H25N5O2/c33-26(13-10-20-6-2-1-3-7-20)31-16-14-21(15-17-31)27(34)30-22-11-12-25(28-18-22)32-19-29-23-8-4-5-9-24(23)32/h1-13,18-19,21H,14-17H2,(H,30,34)/b13-10+. The average molecular weight is 452 g/mol. The number of nitrogens with one attached hydrogen (secondary N) is 1. The highest BCUT2D eigenvalue weighted by Crippen LogP contribution is 2.21. The van der Waals surface area contributed by atoms with E-state index in [1.807, 2.05) is 77.4 Å². The first-order chi connectivity index (χ1) is 16.7. The topological polar surface area (TPSA) is 80.1 Å². The number of anilines is 1. The van der Waals surface area contributed by atoms with Gasteiger partial charge < -0.3 is 10.2 Å². The zero-order valence-electron chi connectivity index (χ0n) is 18.7. The van der Waals surface area contributed by atoms with Crippen molar-refractivity contribution in [1.82, 2.24) is 19.4 Å². The monoisotopic (exact) mass is 451 g/mol. The van der Waals surface area contributed by atoms with Crippen molar-refractivity contribution in [2.24, 2.45) is 5.92 Å². The number of aromatic nitrogens is 3. The minimum absolute atomic E-state index is 0.0190. The zero-order valence-corrected chi connectivity index (χ0v) is 18.7. The van der Waals surface area contributed by atoms with Gasteiger partial charge in [0.1, 0.15) is 12.1 Å². The average Bonchev–Trinajstić information content (AvgIpc) is 3.33. The Balaban J connectivity index is 1.15. The molecular weight excluding hydrogens is 426 g/mol. The van der Waals surface area contributed by atoms with Crippen LogP contribution in [0, 0.1) is 5.92 Å². The molecule has 2 aromatic carbocycles. The number of amides is 2. The fraction of sp³-hybridized carbons (Fsp3) is 0.185. The van der Waals surface area contributed by atoms with E-state index in [0.717, 1.165) is 22.4 Å². The summed E-state index contributed by atoms with van der Waals surface area (Å²) in [5.41, 5.74) is 3.53. The molecule has 170 valence electrons. The summed E-state index contributed by atoms with van der Waals surface area (Å²) in [5.74, 6) is 0.561. The van der Waals surface area contributed by atoms with Gasteiger partial charge in [-0.15, -0.1) is 0 Å². The highest BCUT2D eigenvalue weighted by atomic mass is 16.2. The SMILES string of the molecule is O=C(Nc1ccc(-n2cnc3ccccc32)nc1)C1CCN(C(=O)/C=C/c2ccccc2)CC1. The van der Waals surface area contributed by atoms with Gasteiger partial charge >= 0.3 is 0 Å². The Bertz CT molecular complexity index is 1320. The van der Waals surface area contributed by atoms with Crippen molar-refractivity contribution in [3.8, 4) is 5.82 Å². The molecule has 0 spiro atoms. The Labute approximate surface area is 197 Å². The van der Waals surface area contributed by atoms with E-state index in [4.69, 9.17) is 0 Å². The van der Waals surface area contributed by atoms with Crippen LogP contribution in [0.5, 0.6) is 0 Å². The van der Waals surface area contributed by atoms with Gasteiger partial charge in [-0.25, -0.2) is 9.97 Å². The van der Waals surface area contributed by atoms with Crippen LogP contribution in [0.15, 0.2) is 85.3 Å². The first-order valence-corrected chi connectivity index (χ1v) is 11.4. The summed E-state index contributed by atoms with van der Waals surface area (Å²) in [4.78, 5) is 35.9. The molecule has 2 aromatic heterocycles. The Morgan fingerprint density at radius 3 is 2.44 bits per heavy atom. The van der Waals surface area contributed by atoms with Crippen molar-refractivity contribution in [3.63, 3.8) is 0 Å². The summed E-state index contributed by atoms with van der Waals surface area (Å²) in [7, 11) is 0. The Morgan fingerprint density at radius 2 is 1.68 bits per heavy atom. The number of piperidine rings is 1. The van der Waals surface area contributed by atoms with Gasteiger partial charge in [-0.05, 0) is 48.7 Å². The summed E-state index contributed by atoms with van der Waals surface area (Å²) < 4.78 is 1.92. The second-order valence-corrected chi connectivity index (χ2v) is 8.34. The van der Waals surface area contributed by atoms with Crippen LogP contribution >= 0.6 is 0 Å². The molecule has 4 aromatic rings. The summed E-state index contributed by atoms with van der Waals surface area (Å²) in [6.45, 7) is 1.14. The lowest BCUT2D eigenvalue weighted by molar-refractivity contribution is -0.130. The second-order valence-electron chi connectivity index (χ2n) is 8.34. The predicted molar refractivity (Wildman–Crippen MR) is 132 cm³/mol. The van der Waals surface area contributed by atoms with E-state index in [0.29, 0.717) is 31.6 Å². The number of fused-ring (bicyclic) bond motifs is 1. The number of benzene rings is 2. The van der Waals surface area contributed by atoms with Gasteiger partial charge in [0.15, 0.2) is 0 Å². The number of hydrogen-bond acceptors (Lipinski definition) is 4. The van der Waals surface area contributed by atoms with Crippen LogP contribution < -0.4 is 5.32 Å². The largest absolute Gasteiger partial charge is 0.339 e. The minimum atomic E-state index is -0.126. The molecular formula is C27H25N5O2. The number of nitrogens with zero attached hydrogens (tertiary/aromatic N) is 4. The van der Waals surface area contributed by atoms with Gasteiger partial charge in [0, 0.05) is 25.1 Å². The third-order valence-corrected chi connectivity index (χ3v) is 6.11. The van der Waals surface area contributed by atoms with Crippen molar-refractivity contribution in [2.45, 2.75) is 12.8 Å². The highest BCUT2D eigenvalue weighted by Gasteiger charge is 2.26. The lowest BCUT2D eigenvalue weighted by Crippen LogP contribution is -2.40. The van der Waals surface area contributed by atoms with E-state index < -0.39 is 0 Å². The maximum absolute atomic E-state index is 12.8. The number of carbonyl (C=O) groups is 2. The van der Waals surface area contributed by atoms with E-state index in [9.17, 15) is 9.59 Å². The number of carbonyl (C=O) groups excluding carboxylic acids is 2. The van der Waals surface area contributed by atoms with Crippen molar-refractivity contribution in [1.29, 1.82) is 0 Å². The number of hydrogen-bond donors (Lipinski definition) is 1. The molecule has 7 heteroatoms. The third-order valence-electron chi connectivity index (χ3n) is 6.11. The molecule has 1 saturated heterocycles. The van der Waals surface area contributed by atoms with Gasteiger partial charge in [0.05, 0.1) is 22.9 Å². The van der Waals surface area contributed by atoms with Crippen LogP contribution in [-0.4, -0.2) is 44.3 Å². The summed E-state index contributed by atoms with van der Waals surface area (Å²) >= 11 is 0. The molecule has 0 aliphatic carbocycles. The fourth-order valence-electron chi connectivity index (χ4n) is 4.19. The van der Waals surface area contributed by atoms with Crippen molar-refractivity contribution in [3.05, 3.63) is 90.9 Å². The van der Waals surface area contributed by atoms with E-state index in [-0.39, 0.29) is 17.7 Å². The molecule has 2 amide bonds. The quantitative estimate of drug-likeness (QED) is 0.459. The Morgan fingerprint density at radius 1 is 0.912 bits per heavy atom. The van der Waals surface area contributed by atoms with Crippen molar-refractivity contribution in [2.75, 3.05) is 18.4 Å². The van der Waals surface area contributed by atoms with Gasteiger partial charge in [-0.1, -0.05) is 42.5 Å². The van der Waals surface area contributed by atoms with Gasteiger partial charge in [0.25, 0.3) is 0 Å². The molecule has 1 aliphatic rings. The van der Waals surface area contributed by atoms with E-state index >= 15 is 0 Å². The highest BCUT2D eigenvalue weighted by molar-refractivity contribution is 5.94. The van der Waals surface area contributed by atoms with Crippen LogP contribution in [0.2, 0.25) is 0 Å². The van der Waals surface area contributed by atoms with Crippen molar-refractivity contribution < 1.29 is 9.59 Å². The van der Waals surface area contributed by atoms with Crippen LogP contribution in [-0.2, 0) is 9.59 Å². The van der Waals surface area contributed by atoms with Crippen LogP contribution in [0.4, 0.5) is 5.69 Å². The fourth-order valence-corrected chi connectivity index (χ4v) is 4.19. The molecule has 3 heterocycles. The van der Waals surface area contributed by atoms with Gasteiger partial charge in [-0.3, -0.25) is 14.2 Å². The minimum Gasteiger partial charge on any atom is -0.339 e. The molecule has 1 aliphatic heterocycles. The first-order valence-electron chi connectivity index (χ1n) is 11.4. The van der Waals surface area contributed by atoms with E-state index in [2.05, 4.69) is 15.3 Å². The van der Waals surface area contributed by atoms with Crippen LogP contribution in [0.3, 0.4) is 0 Å². The number of pyridine rings is 1. The Hall–Kier alpha value is -4.26. The van der Waals surface area contributed by atoms with E-state index in [1.54, 1.807) is 23.5 Å². The summed E-state index contributed by atoms with van der Waals surface area (Å²) in [6, 6.07) is 21.3. The summed E-state index contributed by atoms with van der Waals surface area (Å²) in [5, 5.41) is 2.97. The molecule has 34 heavy (non-hydrogen) atoms. The number of rotatable bonds is 5. The zero-order chi connectivity index (χ0) is 23.3. The molecule has 0 bridgehead atoms. The van der Waals surface area contributed by atoms with Gasteiger partial charge in [-0.2, -0.15) is 0 Å². The number of likely N-dealkylation sites (tertiary alicyclic amines) is 1. The lowest BCUT2D eigenvalue weighted by Gasteiger charge is -2.30. The van der Waals surface area contributed by atoms with Gasteiger partial charge in [0.2, 0.25) is 11.8 Å². The molecule has 0 radical (unpaired) electrons. The predicted octanol–water partition coefficient (Wildman–Crippen LogP) is 4.31. The molecule has 7 nitrogen and oxygen atoms in total. The molecule has 0 atom stereocenters. The molecule has 1 N–H and O–H groups in total. The molecule has 5 rings (SSSR count). The first kappa shape index (κ1) is 21.6. The lowest BCUT2D eigenvalue weighted by atomic mass is 9.95. The number of para-hydroxylation sites is 2. The Kier molecular flexibility index (Phi) is 6.16.